The molecule has 6 nitrogen and oxygen atoms in total. The second-order valence-electron chi connectivity index (χ2n) is 6.15. The molecule has 2 aromatic rings. The average molecular weight is 455 g/mol. The Kier molecular flexibility index (Phi) is 7.70. The minimum Gasteiger partial charge on any atom is -0.381 e. The van der Waals surface area contributed by atoms with E-state index in [0.717, 1.165) is 44.4 Å². The molecule has 1 aromatic carbocycles. The predicted molar refractivity (Wildman–Crippen MR) is 111 cm³/mol. The molecule has 0 saturated carbocycles. The molecule has 0 bridgehead atoms. The summed E-state index contributed by atoms with van der Waals surface area (Å²) in [5.41, 5.74) is 2.32. The first-order chi connectivity index (χ1) is 11.8. The number of hydrogen-bond donors (Lipinski definition) is 1. The first-order valence-electron chi connectivity index (χ1n) is 8.33. The van der Waals surface area contributed by atoms with E-state index in [0.29, 0.717) is 5.92 Å². The Morgan fingerprint density at radius 3 is 3.04 bits per heavy atom. The highest BCUT2D eigenvalue weighted by molar-refractivity contribution is 14.0. The summed E-state index contributed by atoms with van der Waals surface area (Å²) in [5.74, 6) is 1.51. The van der Waals surface area contributed by atoms with Gasteiger partial charge in [-0.2, -0.15) is 0 Å². The molecule has 3 rings (SSSR count). The Bertz CT molecular complexity index is 668. The van der Waals surface area contributed by atoms with Crippen molar-refractivity contribution in [3.05, 3.63) is 48.5 Å². The summed E-state index contributed by atoms with van der Waals surface area (Å²) in [6.45, 7) is 3.44. The number of imidazole rings is 1. The normalized spacial score (nSPS) is 17.2. The standard InChI is InChI=1S/C18H25N5O.HI/c1-19-18(22(2)12-16-6-9-24-13-16)21-11-15-4-3-5-17(10-15)23-8-7-20-14-23;/h3-5,7-8,10,14,16H,6,9,11-13H2,1-2H3,(H,19,21);1H. The Balaban J connectivity index is 0.00000225. The minimum atomic E-state index is 0. The van der Waals surface area contributed by atoms with Crippen LogP contribution in [0.1, 0.15) is 12.0 Å². The summed E-state index contributed by atoms with van der Waals surface area (Å²) in [7, 11) is 3.90. The zero-order valence-corrected chi connectivity index (χ0v) is 17.1. The Morgan fingerprint density at radius 2 is 2.36 bits per heavy atom. The summed E-state index contributed by atoms with van der Waals surface area (Å²) < 4.78 is 7.46. The van der Waals surface area contributed by atoms with E-state index in [9.17, 15) is 0 Å². The van der Waals surface area contributed by atoms with Crippen molar-refractivity contribution in [3.63, 3.8) is 0 Å². The van der Waals surface area contributed by atoms with Gasteiger partial charge in [0.2, 0.25) is 0 Å². The van der Waals surface area contributed by atoms with Gasteiger partial charge in [0.15, 0.2) is 5.96 Å². The number of halogens is 1. The third-order valence-corrected chi connectivity index (χ3v) is 4.29. The summed E-state index contributed by atoms with van der Waals surface area (Å²) >= 11 is 0. The number of ether oxygens (including phenoxy) is 1. The fourth-order valence-electron chi connectivity index (χ4n) is 3.01. The molecule has 0 aliphatic carbocycles. The number of nitrogens with zero attached hydrogens (tertiary/aromatic N) is 4. The van der Waals surface area contributed by atoms with Crippen molar-refractivity contribution in [3.8, 4) is 5.69 Å². The van der Waals surface area contributed by atoms with Crippen LogP contribution in [-0.2, 0) is 11.3 Å². The van der Waals surface area contributed by atoms with E-state index in [4.69, 9.17) is 4.74 Å². The molecule has 0 amide bonds. The van der Waals surface area contributed by atoms with E-state index in [2.05, 4.69) is 51.5 Å². The fourth-order valence-corrected chi connectivity index (χ4v) is 3.01. The van der Waals surface area contributed by atoms with Gasteiger partial charge < -0.3 is 19.5 Å². The van der Waals surface area contributed by atoms with Gasteiger partial charge in [0, 0.05) is 57.8 Å². The van der Waals surface area contributed by atoms with Crippen LogP contribution < -0.4 is 5.32 Å². The first kappa shape index (κ1) is 19.7. The maximum atomic E-state index is 5.45. The molecule has 1 aliphatic heterocycles. The molecule has 1 aliphatic rings. The summed E-state index contributed by atoms with van der Waals surface area (Å²) in [4.78, 5) is 10.7. The van der Waals surface area contributed by atoms with Crippen molar-refractivity contribution in [2.75, 3.05) is 33.9 Å². The molecule has 1 N–H and O–H groups in total. The van der Waals surface area contributed by atoms with Crippen LogP contribution in [0.3, 0.4) is 0 Å². The molecule has 1 aromatic heterocycles. The number of hydrogen-bond acceptors (Lipinski definition) is 3. The summed E-state index contributed by atoms with van der Waals surface area (Å²) in [6, 6.07) is 8.42. The van der Waals surface area contributed by atoms with Gasteiger partial charge in [-0.15, -0.1) is 24.0 Å². The Labute approximate surface area is 166 Å². The van der Waals surface area contributed by atoms with Crippen LogP contribution in [-0.4, -0.2) is 54.3 Å². The van der Waals surface area contributed by atoms with E-state index >= 15 is 0 Å². The molecule has 1 fully saturated rings. The van der Waals surface area contributed by atoms with Gasteiger partial charge in [0.1, 0.15) is 0 Å². The lowest BCUT2D eigenvalue weighted by Crippen LogP contribution is -2.41. The number of aliphatic imine (C=N–C) groups is 1. The monoisotopic (exact) mass is 455 g/mol. The SMILES string of the molecule is CN=C(NCc1cccc(-n2ccnc2)c1)N(C)CC1CCOC1.I. The van der Waals surface area contributed by atoms with E-state index in [-0.39, 0.29) is 24.0 Å². The third kappa shape index (κ3) is 5.43. The fraction of sp³-hybridized carbons (Fsp3) is 0.444. The summed E-state index contributed by atoms with van der Waals surface area (Å²) in [5, 5.41) is 3.44. The molecule has 0 spiro atoms. The second-order valence-corrected chi connectivity index (χ2v) is 6.15. The van der Waals surface area contributed by atoms with Crippen LogP contribution in [0.5, 0.6) is 0 Å². The highest BCUT2D eigenvalue weighted by Gasteiger charge is 2.18. The molecule has 2 heterocycles. The van der Waals surface area contributed by atoms with Gasteiger partial charge in [0.05, 0.1) is 12.9 Å². The molecular formula is C18H26IN5O. The van der Waals surface area contributed by atoms with Crippen LogP contribution in [0.4, 0.5) is 0 Å². The van der Waals surface area contributed by atoms with E-state index in [1.54, 1.807) is 6.20 Å². The van der Waals surface area contributed by atoms with Gasteiger partial charge >= 0.3 is 0 Å². The zero-order chi connectivity index (χ0) is 16.8. The molecule has 136 valence electrons. The Hall–Kier alpha value is -1.61. The lowest BCUT2D eigenvalue weighted by Gasteiger charge is -2.24. The maximum Gasteiger partial charge on any atom is 0.193 e. The molecule has 0 radical (unpaired) electrons. The highest BCUT2D eigenvalue weighted by Crippen LogP contribution is 2.13. The van der Waals surface area contributed by atoms with Crippen LogP contribution in [0.25, 0.3) is 5.69 Å². The van der Waals surface area contributed by atoms with Crippen molar-refractivity contribution in [1.82, 2.24) is 19.8 Å². The van der Waals surface area contributed by atoms with Gasteiger partial charge in [-0.25, -0.2) is 4.98 Å². The quantitative estimate of drug-likeness (QED) is 0.428. The van der Waals surface area contributed by atoms with Gasteiger partial charge in [-0.05, 0) is 24.1 Å². The number of benzene rings is 1. The van der Waals surface area contributed by atoms with Gasteiger partial charge in [0.25, 0.3) is 0 Å². The minimum absolute atomic E-state index is 0. The van der Waals surface area contributed by atoms with Crippen LogP contribution >= 0.6 is 24.0 Å². The van der Waals surface area contributed by atoms with Crippen LogP contribution in [0.2, 0.25) is 0 Å². The number of nitrogens with one attached hydrogen (secondary N) is 1. The number of rotatable bonds is 5. The van der Waals surface area contributed by atoms with Crippen LogP contribution in [0, 0.1) is 5.92 Å². The van der Waals surface area contributed by atoms with E-state index in [1.165, 1.54) is 5.56 Å². The maximum absolute atomic E-state index is 5.45. The smallest absolute Gasteiger partial charge is 0.193 e. The number of guanidine groups is 1. The zero-order valence-electron chi connectivity index (χ0n) is 14.8. The Morgan fingerprint density at radius 1 is 1.48 bits per heavy atom. The molecule has 1 unspecified atom stereocenters. The highest BCUT2D eigenvalue weighted by atomic mass is 127. The molecule has 1 saturated heterocycles. The second kappa shape index (κ2) is 9.76. The average Bonchev–Trinajstić information content (AvgIpc) is 3.29. The van der Waals surface area contributed by atoms with Crippen molar-refractivity contribution in [2.45, 2.75) is 13.0 Å². The largest absolute Gasteiger partial charge is 0.381 e. The third-order valence-electron chi connectivity index (χ3n) is 4.29. The van der Waals surface area contributed by atoms with Gasteiger partial charge in [-0.1, -0.05) is 12.1 Å². The van der Waals surface area contributed by atoms with Crippen molar-refractivity contribution >= 4 is 29.9 Å². The molecule has 25 heavy (non-hydrogen) atoms. The predicted octanol–water partition coefficient (Wildman–Crippen LogP) is 2.53. The van der Waals surface area contributed by atoms with Crippen molar-refractivity contribution in [2.24, 2.45) is 10.9 Å². The lowest BCUT2D eigenvalue weighted by atomic mass is 10.1. The van der Waals surface area contributed by atoms with Gasteiger partial charge in [-0.3, -0.25) is 4.99 Å². The van der Waals surface area contributed by atoms with E-state index < -0.39 is 0 Å². The molecule has 7 heteroatoms. The van der Waals surface area contributed by atoms with E-state index in [1.807, 2.05) is 24.1 Å². The topological polar surface area (TPSA) is 54.7 Å². The first-order valence-corrected chi connectivity index (χ1v) is 8.33. The number of aromatic nitrogens is 2. The molecule has 1 atom stereocenters. The van der Waals surface area contributed by atoms with Crippen LogP contribution in [0.15, 0.2) is 48.0 Å². The molecular weight excluding hydrogens is 429 g/mol. The lowest BCUT2D eigenvalue weighted by molar-refractivity contribution is 0.181. The summed E-state index contributed by atoms with van der Waals surface area (Å²) in [6.07, 6.45) is 6.68. The van der Waals surface area contributed by atoms with Crippen molar-refractivity contribution in [1.29, 1.82) is 0 Å². The van der Waals surface area contributed by atoms with Crippen molar-refractivity contribution < 1.29 is 4.74 Å².